The number of aliphatic hydroxyl groups is 1. The zero-order chi connectivity index (χ0) is 32.1. The molecule has 1 aliphatic rings. The standard InChI is InChI=1S/C33H38BrNO8S/c1-3-5-15-33(4-2)20-44(41,42)28-18-27(24(34)17-23(28)30(31(33)38)21-11-7-6-8-12-21)43-19-29(37)35-25(32(39)40)16-22-13-9-10-14-26(22)36/h6-14,17-18,25,30-31,36,38H,3-5,15-16,19-20H2,1-2H3,(H,35,37)(H,39,40)/t25?,30-,31-,33-/m1/s1. The van der Waals surface area contributed by atoms with Crippen molar-refractivity contribution >= 4 is 37.6 Å². The van der Waals surface area contributed by atoms with Crippen molar-refractivity contribution in [1.29, 1.82) is 0 Å². The number of fused-ring (bicyclic) bond motifs is 1. The largest absolute Gasteiger partial charge is 0.508 e. The summed E-state index contributed by atoms with van der Waals surface area (Å²) >= 11 is 3.47. The first-order valence-corrected chi connectivity index (χ1v) is 17.1. The highest BCUT2D eigenvalue weighted by Gasteiger charge is 2.49. The molecule has 0 saturated heterocycles. The number of unbranched alkanes of at least 4 members (excludes halogenated alkanes) is 1. The van der Waals surface area contributed by atoms with Gasteiger partial charge < -0.3 is 25.4 Å². The minimum absolute atomic E-state index is 0.0267. The minimum atomic E-state index is -3.91. The summed E-state index contributed by atoms with van der Waals surface area (Å²) in [5, 5.41) is 34.0. The molecule has 1 unspecified atom stereocenters. The van der Waals surface area contributed by atoms with Crippen LogP contribution in [0.5, 0.6) is 11.5 Å². The molecule has 0 aromatic heterocycles. The molecule has 0 saturated carbocycles. The smallest absolute Gasteiger partial charge is 0.326 e. The van der Waals surface area contributed by atoms with E-state index in [-0.39, 0.29) is 28.6 Å². The van der Waals surface area contributed by atoms with Gasteiger partial charge in [-0.25, -0.2) is 13.2 Å². The summed E-state index contributed by atoms with van der Waals surface area (Å²) in [5.74, 6) is -2.87. The van der Waals surface area contributed by atoms with Gasteiger partial charge in [-0.15, -0.1) is 0 Å². The van der Waals surface area contributed by atoms with Crippen molar-refractivity contribution in [2.24, 2.45) is 5.41 Å². The quantitative estimate of drug-likeness (QED) is 0.203. The average Bonchev–Trinajstić information content (AvgIpc) is 3.06. The van der Waals surface area contributed by atoms with Crippen LogP contribution in [0.15, 0.2) is 76.1 Å². The lowest BCUT2D eigenvalue weighted by Crippen LogP contribution is -2.44. The summed E-state index contributed by atoms with van der Waals surface area (Å²) < 4.78 is 34.2. The van der Waals surface area contributed by atoms with E-state index in [1.807, 2.05) is 44.2 Å². The van der Waals surface area contributed by atoms with E-state index >= 15 is 0 Å². The summed E-state index contributed by atoms with van der Waals surface area (Å²) in [6, 6.07) is 17.3. The normalized spacial score (nSPS) is 21.5. The van der Waals surface area contributed by atoms with Crippen LogP contribution in [0.4, 0.5) is 0 Å². The highest BCUT2D eigenvalue weighted by molar-refractivity contribution is 9.10. The third kappa shape index (κ3) is 7.27. The molecule has 3 aromatic carbocycles. The van der Waals surface area contributed by atoms with Crippen LogP contribution in [0, 0.1) is 5.41 Å². The number of carboxylic acids is 1. The minimum Gasteiger partial charge on any atom is -0.508 e. The topological polar surface area (TPSA) is 150 Å². The molecule has 236 valence electrons. The van der Waals surface area contributed by atoms with Crippen LogP contribution in [0.25, 0.3) is 0 Å². The number of para-hydroxylation sites is 1. The molecule has 3 aromatic rings. The Labute approximate surface area is 266 Å². The summed E-state index contributed by atoms with van der Waals surface area (Å²) in [5.41, 5.74) is 0.711. The molecule has 0 fully saturated rings. The number of sulfone groups is 1. The predicted octanol–water partition coefficient (Wildman–Crippen LogP) is 5.21. The van der Waals surface area contributed by atoms with Crippen LogP contribution in [-0.2, 0) is 25.8 Å². The Morgan fingerprint density at radius 2 is 1.77 bits per heavy atom. The molecule has 0 radical (unpaired) electrons. The van der Waals surface area contributed by atoms with Gasteiger partial charge in [0.2, 0.25) is 0 Å². The number of phenols is 1. The maximum absolute atomic E-state index is 14.0. The lowest BCUT2D eigenvalue weighted by molar-refractivity contribution is -0.142. The van der Waals surface area contributed by atoms with Gasteiger partial charge in [-0.05, 0) is 57.6 Å². The van der Waals surface area contributed by atoms with Crippen molar-refractivity contribution < 1.29 is 38.1 Å². The molecular formula is C33H38BrNO8S. The number of benzene rings is 3. The average molecular weight is 689 g/mol. The summed E-state index contributed by atoms with van der Waals surface area (Å²) in [6.45, 7) is 3.37. The van der Waals surface area contributed by atoms with Crippen molar-refractivity contribution in [3.63, 3.8) is 0 Å². The van der Waals surface area contributed by atoms with Crippen molar-refractivity contribution in [3.05, 3.63) is 87.9 Å². The van der Waals surface area contributed by atoms with E-state index in [9.17, 15) is 33.3 Å². The lowest BCUT2D eigenvalue weighted by atomic mass is 9.69. The first-order chi connectivity index (χ1) is 20.9. The molecule has 11 heteroatoms. The van der Waals surface area contributed by atoms with Crippen LogP contribution >= 0.6 is 15.9 Å². The zero-order valence-corrected chi connectivity index (χ0v) is 27.1. The number of ether oxygens (including phenoxy) is 1. The van der Waals surface area contributed by atoms with Crippen LogP contribution in [0.1, 0.15) is 62.1 Å². The molecule has 1 amide bonds. The Morgan fingerprint density at radius 1 is 1.09 bits per heavy atom. The number of nitrogens with one attached hydrogen (secondary N) is 1. The van der Waals surface area contributed by atoms with E-state index in [0.29, 0.717) is 28.4 Å². The fourth-order valence-electron chi connectivity index (χ4n) is 5.98. The van der Waals surface area contributed by atoms with Gasteiger partial charge >= 0.3 is 5.97 Å². The van der Waals surface area contributed by atoms with E-state index in [1.54, 1.807) is 24.3 Å². The maximum atomic E-state index is 14.0. The van der Waals surface area contributed by atoms with Crippen molar-refractivity contribution in [2.45, 2.75) is 68.9 Å². The van der Waals surface area contributed by atoms with Gasteiger partial charge in [-0.2, -0.15) is 0 Å². The second-order valence-electron chi connectivity index (χ2n) is 11.3. The molecule has 44 heavy (non-hydrogen) atoms. The van der Waals surface area contributed by atoms with E-state index in [0.717, 1.165) is 18.4 Å². The molecule has 0 spiro atoms. The molecule has 1 aliphatic heterocycles. The number of hydrogen-bond acceptors (Lipinski definition) is 7. The highest BCUT2D eigenvalue weighted by atomic mass is 79.9. The van der Waals surface area contributed by atoms with E-state index in [4.69, 9.17) is 4.74 Å². The Bertz CT molecular complexity index is 1600. The summed E-state index contributed by atoms with van der Waals surface area (Å²) in [7, 11) is -3.91. The first-order valence-electron chi connectivity index (χ1n) is 14.6. The predicted molar refractivity (Wildman–Crippen MR) is 170 cm³/mol. The molecule has 4 atom stereocenters. The second-order valence-corrected chi connectivity index (χ2v) is 14.1. The van der Waals surface area contributed by atoms with E-state index in [1.165, 1.54) is 12.1 Å². The van der Waals surface area contributed by atoms with Crippen LogP contribution in [0.2, 0.25) is 0 Å². The van der Waals surface area contributed by atoms with Crippen molar-refractivity contribution in [3.8, 4) is 11.5 Å². The van der Waals surface area contributed by atoms with Gasteiger partial charge in [0.25, 0.3) is 5.91 Å². The van der Waals surface area contributed by atoms with Gasteiger partial charge in [0, 0.05) is 23.8 Å². The molecule has 0 aliphatic carbocycles. The number of carbonyl (C=O) groups excluding carboxylic acids is 1. The Hall–Kier alpha value is -3.41. The molecule has 9 nitrogen and oxygen atoms in total. The van der Waals surface area contributed by atoms with E-state index < -0.39 is 51.8 Å². The number of carboxylic acid groups (broad SMARTS) is 1. The number of phenolic OH excluding ortho intramolecular Hbond substituents is 1. The SMILES string of the molecule is CCCC[C@]1(CC)CS(=O)(=O)c2cc(OCC(=O)NC(Cc3ccccc3O)C(=O)O)c(Br)cc2[C@@H](c2ccccc2)[C@H]1O. The Morgan fingerprint density at radius 3 is 2.41 bits per heavy atom. The zero-order valence-electron chi connectivity index (χ0n) is 24.7. The van der Waals surface area contributed by atoms with Gasteiger partial charge in [-0.3, -0.25) is 4.79 Å². The third-order valence-electron chi connectivity index (χ3n) is 8.45. The summed E-state index contributed by atoms with van der Waals surface area (Å²) in [4.78, 5) is 24.6. The van der Waals surface area contributed by atoms with Gasteiger partial charge in [-0.1, -0.05) is 75.2 Å². The van der Waals surface area contributed by atoms with Gasteiger partial charge in [0.1, 0.15) is 17.5 Å². The second kappa shape index (κ2) is 14.1. The van der Waals surface area contributed by atoms with Gasteiger partial charge in [0.15, 0.2) is 16.4 Å². The molecule has 4 rings (SSSR count). The number of aliphatic carboxylic acids is 1. The van der Waals surface area contributed by atoms with Crippen molar-refractivity contribution in [1.82, 2.24) is 5.32 Å². The van der Waals surface area contributed by atoms with Gasteiger partial charge in [0.05, 0.1) is 21.2 Å². The number of hydrogen-bond donors (Lipinski definition) is 4. The Kier molecular flexibility index (Phi) is 10.8. The fraction of sp³-hybridized carbons (Fsp3) is 0.394. The first kappa shape index (κ1) is 33.5. The number of halogens is 1. The monoisotopic (exact) mass is 687 g/mol. The fourth-order valence-corrected chi connectivity index (χ4v) is 8.72. The molecule has 1 heterocycles. The third-order valence-corrected chi connectivity index (χ3v) is 11.1. The van der Waals surface area contributed by atoms with Crippen LogP contribution in [-0.4, -0.2) is 60.1 Å². The van der Waals surface area contributed by atoms with Crippen LogP contribution in [0.3, 0.4) is 0 Å². The number of rotatable bonds is 12. The number of aliphatic hydroxyl groups excluding tert-OH is 1. The maximum Gasteiger partial charge on any atom is 0.326 e. The van der Waals surface area contributed by atoms with E-state index in [2.05, 4.69) is 21.2 Å². The molecular weight excluding hydrogens is 650 g/mol. The van der Waals surface area contributed by atoms with Crippen LogP contribution < -0.4 is 10.1 Å². The summed E-state index contributed by atoms with van der Waals surface area (Å²) in [6.07, 6.45) is 1.54. The molecule has 4 N–H and O–H groups in total. The number of aromatic hydroxyl groups is 1. The van der Waals surface area contributed by atoms with Crippen molar-refractivity contribution in [2.75, 3.05) is 12.4 Å². The Balaban J connectivity index is 1.65. The number of amides is 1. The molecule has 0 bridgehead atoms. The highest BCUT2D eigenvalue weighted by Crippen LogP contribution is 2.50. The number of carbonyl (C=O) groups is 2. The lowest BCUT2D eigenvalue weighted by Gasteiger charge is -2.39.